The van der Waals surface area contributed by atoms with Gasteiger partial charge < -0.3 is 15.0 Å². The number of ether oxygens (including phenoxy) is 1. The van der Waals surface area contributed by atoms with Crippen molar-refractivity contribution in [3.8, 4) is 5.75 Å². The maximum atomic E-state index is 12.4. The molecule has 104 valence electrons. The second-order valence-electron chi connectivity index (χ2n) is 4.90. The van der Waals surface area contributed by atoms with E-state index in [4.69, 9.17) is 4.74 Å². The van der Waals surface area contributed by atoms with Gasteiger partial charge in [-0.15, -0.1) is 0 Å². The van der Waals surface area contributed by atoms with E-state index in [1.165, 1.54) is 0 Å². The second-order valence-corrected chi connectivity index (χ2v) is 4.90. The molecular formula is C15H22N2O2. The number of nitrogens with one attached hydrogen (secondary N) is 1. The molecule has 1 aliphatic rings. The van der Waals surface area contributed by atoms with Crippen molar-refractivity contribution in [1.82, 2.24) is 5.32 Å². The first-order chi connectivity index (χ1) is 9.17. The molecule has 1 N–H and O–H groups in total. The molecule has 0 bridgehead atoms. The number of carbonyl (C=O) groups is 1. The van der Waals surface area contributed by atoms with Crippen LogP contribution < -0.4 is 15.0 Å². The van der Waals surface area contributed by atoms with Crippen molar-refractivity contribution in [3.63, 3.8) is 0 Å². The molecule has 1 aromatic rings. The van der Waals surface area contributed by atoms with Crippen molar-refractivity contribution in [2.24, 2.45) is 0 Å². The number of rotatable bonds is 4. The summed E-state index contributed by atoms with van der Waals surface area (Å²) in [7, 11) is 1.66. The lowest BCUT2D eigenvalue weighted by molar-refractivity contribution is -0.121. The molecule has 1 saturated heterocycles. The lowest BCUT2D eigenvalue weighted by Crippen LogP contribution is -2.50. The van der Waals surface area contributed by atoms with Gasteiger partial charge in [0.15, 0.2) is 0 Å². The number of piperidine rings is 1. The molecule has 0 radical (unpaired) electrons. The SMILES string of the molecule is CCNC1CCCN(c2ccc(OC)c(C)c2)C1=O. The fourth-order valence-corrected chi connectivity index (χ4v) is 2.60. The fraction of sp³-hybridized carbons (Fsp3) is 0.533. The first kappa shape index (κ1) is 13.9. The van der Waals surface area contributed by atoms with E-state index in [9.17, 15) is 4.79 Å². The number of nitrogens with zero attached hydrogens (tertiary/aromatic N) is 1. The van der Waals surface area contributed by atoms with Crippen LogP contribution in [-0.2, 0) is 4.79 Å². The van der Waals surface area contributed by atoms with E-state index < -0.39 is 0 Å². The van der Waals surface area contributed by atoms with Crippen molar-refractivity contribution in [2.45, 2.75) is 32.7 Å². The van der Waals surface area contributed by atoms with Crippen LogP contribution in [0.5, 0.6) is 5.75 Å². The minimum atomic E-state index is -0.0406. The Balaban J connectivity index is 2.20. The normalized spacial score (nSPS) is 19.6. The second kappa shape index (κ2) is 6.06. The zero-order valence-electron chi connectivity index (χ0n) is 11.9. The highest BCUT2D eigenvalue weighted by atomic mass is 16.5. The number of carbonyl (C=O) groups excluding carboxylic acids is 1. The Morgan fingerprint density at radius 3 is 2.89 bits per heavy atom. The van der Waals surface area contributed by atoms with Gasteiger partial charge in [-0.2, -0.15) is 0 Å². The smallest absolute Gasteiger partial charge is 0.244 e. The van der Waals surface area contributed by atoms with Gasteiger partial charge in [-0.05, 0) is 50.1 Å². The third-order valence-electron chi connectivity index (χ3n) is 3.58. The quantitative estimate of drug-likeness (QED) is 0.903. The predicted octanol–water partition coefficient (Wildman–Crippen LogP) is 2.11. The van der Waals surface area contributed by atoms with Crippen molar-refractivity contribution in [3.05, 3.63) is 23.8 Å². The van der Waals surface area contributed by atoms with Gasteiger partial charge in [0, 0.05) is 12.2 Å². The molecule has 1 aromatic carbocycles. The minimum Gasteiger partial charge on any atom is -0.496 e. The molecule has 4 nitrogen and oxygen atoms in total. The van der Waals surface area contributed by atoms with E-state index in [1.807, 2.05) is 36.9 Å². The van der Waals surface area contributed by atoms with E-state index in [0.717, 1.165) is 42.9 Å². The maximum Gasteiger partial charge on any atom is 0.244 e. The number of aryl methyl sites for hydroxylation is 1. The summed E-state index contributed by atoms with van der Waals surface area (Å²) in [6, 6.07) is 5.86. The molecule has 1 atom stereocenters. The van der Waals surface area contributed by atoms with E-state index in [0.29, 0.717) is 0 Å². The summed E-state index contributed by atoms with van der Waals surface area (Å²) in [4.78, 5) is 14.3. The van der Waals surface area contributed by atoms with E-state index in [1.54, 1.807) is 7.11 Å². The predicted molar refractivity (Wildman–Crippen MR) is 76.8 cm³/mol. The zero-order chi connectivity index (χ0) is 13.8. The molecule has 0 saturated carbocycles. The standard InChI is InChI=1S/C15H22N2O2/c1-4-16-13-6-5-9-17(15(13)18)12-7-8-14(19-3)11(2)10-12/h7-8,10,13,16H,4-6,9H2,1-3H3. The van der Waals surface area contributed by atoms with Gasteiger partial charge >= 0.3 is 0 Å². The highest BCUT2D eigenvalue weighted by Gasteiger charge is 2.28. The van der Waals surface area contributed by atoms with E-state index >= 15 is 0 Å². The van der Waals surface area contributed by atoms with Crippen LogP contribution in [0.15, 0.2) is 18.2 Å². The molecule has 1 fully saturated rings. The van der Waals surface area contributed by atoms with Crippen LogP contribution in [0.3, 0.4) is 0 Å². The average molecular weight is 262 g/mol. The summed E-state index contributed by atoms with van der Waals surface area (Å²) < 4.78 is 5.26. The Morgan fingerprint density at radius 2 is 2.26 bits per heavy atom. The lowest BCUT2D eigenvalue weighted by Gasteiger charge is -2.33. The molecule has 0 aromatic heterocycles. The summed E-state index contributed by atoms with van der Waals surface area (Å²) in [5.74, 6) is 1.04. The van der Waals surface area contributed by atoms with E-state index in [-0.39, 0.29) is 11.9 Å². The Kier molecular flexibility index (Phi) is 4.43. The van der Waals surface area contributed by atoms with Crippen molar-refractivity contribution >= 4 is 11.6 Å². The van der Waals surface area contributed by atoms with Gasteiger partial charge in [-0.25, -0.2) is 0 Å². The third-order valence-corrected chi connectivity index (χ3v) is 3.58. The van der Waals surface area contributed by atoms with Crippen LogP contribution in [0, 0.1) is 6.92 Å². The summed E-state index contributed by atoms with van der Waals surface area (Å²) in [6.07, 6.45) is 1.97. The van der Waals surface area contributed by atoms with Crippen molar-refractivity contribution in [1.29, 1.82) is 0 Å². The van der Waals surface area contributed by atoms with Crippen LogP contribution in [0.2, 0.25) is 0 Å². The van der Waals surface area contributed by atoms with Gasteiger partial charge in [-0.3, -0.25) is 4.79 Å². The lowest BCUT2D eigenvalue weighted by atomic mass is 10.0. The number of likely N-dealkylation sites (N-methyl/N-ethyl adjacent to an activating group) is 1. The molecule has 0 spiro atoms. The third kappa shape index (κ3) is 2.89. The monoisotopic (exact) mass is 262 g/mol. The highest BCUT2D eigenvalue weighted by molar-refractivity contribution is 5.98. The topological polar surface area (TPSA) is 41.6 Å². The molecule has 2 rings (SSSR count). The average Bonchev–Trinajstić information content (AvgIpc) is 2.41. The van der Waals surface area contributed by atoms with Crippen LogP contribution >= 0.6 is 0 Å². The van der Waals surface area contributed by atoms with Gasteiger partial charge in [0.25, 0.3) is 0 Å². The highest BCUT2D eigenvalue weighted by Crippen LogP contribution is 2.26. The van der Waals surface area contributed by atoms with Crippen LogP contribution in [0.25, 0.3) is 0 Å². The van der Waals surface area contributed by atoms with Crippen LogP contribution in [0.1, 0.15) is 25.3 Å². The maximum absolute atomic E-state index is 12.4. The first-order valence-electron chi connectivity index (χ1n) is 6.86. The number of methoxy groups -OCH3 is 1. The van der Waals surface area contributed by atoms with Crippen molar-refractivity contribution < 1.29 is 9.53 Å². The van der Waals surface area contributed by atoms with Gasteiger partial charge in [-0.1, -0.05) is 6.92 Å². The Hall–Kier alpha value is -1.55. The molecule has 1 aliphatic heterocycles. The number of amides is 1. The summed E-state index contributed by atoms with van der Waals surface area (Å²) in [6.45, 7) is 5.65. The number of hydrogen-bond donors (Lipinski definition) is 1. The first-order valence-corrected chi connectivity index (χ1v) is 6.86. The largest absolute Gasteiger partial charge is 0.496 e. The number of hydrogen-bond acceptors (Lipinski definition) is 3. The molecule has 1 amide bonds. The summed E-state index contributed by atoms with van der Waals surface area (Å²) >= 11 is 0. The molecule has 4 heteroatoms. The molecule has 1 unspecified atom stereocenters. The van der Waals surface area contributed by atoms with Gasteiger partial charge in [0.1, 0.15) is 5.75 Å². The zero-order valence-corrected chi connectivity index (χ0v) is 11.9. The molecule has 0 aliphatic carbocycles. The summed E-state index contributed by atoms with van der Waals surface area (Å²) in [5, 5.41) is 3.26. The number of anilines is 1. The van der Waals surface area contributed by atoms with Crippen molar-refractivity contribution in [2.75, 3.05) is 25.1 Å². The molecule has 1 heterocycles. The number of benzene rings is 1. The fourth-order valence-electron chi connectivity index (χ4n) is 2.60. The molecular weight excluding hydrogens is 240 g/mol. The van der Waals surface area contributed by atoms with Gasteiger partial charge in [0.05, 0.1) is 13.2 Å². The minimum absolute atomic E-state index is 0.0406. The Labute approximate surface area is 114 Å². The summed E-state index contributed by atoms with van der Waals surface area (Å²) in [5.41, 5.74) is 2.02. The van der Waals surface area contributed by atoms with Gasteiger partial charge in [0.2, 0.25) is 5.91 Å². The van der Waals surface area contributed by atoms with E-state index in [2.05, 4.69) is 5.32 Å². The van der Waals surface area contributed by atoms with Crippen LogP contribution in [-0.4, -0.2) is 32.1 Å². The Bertz CT molecular complexity index is 457. The molecule has 19 heavy (non-hydrogen) atoms. The Morgan fingerprint density at radius 1 is 1.47 bits per heavy atom. The van der Waals surface area contributed by atoms with Crippen LogP contribution in [0.4, 0.5) is 5.69 Å².